The van der Waals surface area contributed by atoms with Crippen LogP contribution in [0.25, 0.3) is 22.2 Å². The number of nitrogens with one attached hydrogen (secondary N) is 3. The fourth-order valence-electron chi connectivity index (χ4n) is 6.80. The minimum atomic E-state index is -0.322. The van der Waals surface area contributed by atoms with E-state index >= 15 is 0 Å². The minimum Gasteiger partial charge on any atom is -0.355 e. The van der Waals surface area contributed by atoms with Gasteiger partial charge in [0.25, 0.3) is 5.91 Å². The summed E-state index contributed by atoms with van der Waals surface area (Å²) in [5.41, 5.74) is 6.24. The van der Waals surface area contributed by atoms with Gasteiger partial charge in [-0.3, -0.25) is 9.59 Å². The summed E-state index contributed by atoms with van der Waals surface area (Å²) < 4.78 is 0. The quantitative estimate of drug-likeness (QED) is 0.126. The summed E-state index contributed by atoms with van der Waals surface area (Å²) in [5, 5.41) is 8.40. The second kappa shape index (κ2) is 16.1. The Bertz CT molecular complexity index is 2100. The molecule has 1 aliphatic rings. The highest BCUT2D eigenvalue weighted by Gasteiger charge is 2.30. The molecule has 52 heavy (non-hydrogen) atoms. The van der Waals surface area contributed by atoms with E-state index in [1.807, 2.05) is 92.8 Å². The second-order valence-corrected chi connectivity index (χ2v) is 14.3. The number of hydrogen-bond acceptors (Lipinski definition) is 5. The number of allylic oxidation sites excluding steroid dienone is 1. The fraction of sp³-hybridized carbons (Fsp3) is 0.262. The number of carbonyl (C=O) groups is 2. The Kier molecular flexibility index (Phi) is 11.4. The summed E-state index contributed by atoms with van der Waals surface area (Å²) in [6.07, 6.45) is 5.11. The van der Waals surface area contributed by atoms with Crippen molar-refractivity contribution in [2.75, 3.05) is 23.3 Å². The number of fused-ring (bicyclic) bond motifs is 1. The number of piperidine rings is 1. The van der Waals surface area contributed by atoms with Crippen LogP contribution in [0.4, 0.5) is 11.5 Å². The van der Waals surface area contributed by atoms with Crippen LogP contribution < -0.4 is 15.5 Å². The largest absolute Gasteiger partial charge is 0.355 e. The van der Waals surface area contributed by atoms with Crippen molar-refractivity contribution < 1.29 is 9.59 Å². The lowest BCUT2D eigenvalue weighted by molar-refractivity contribution is -0.124. The van der Waals surface area contributed by atoms with Crippen LogP contribution in [0.5, 0.6) is 0 Å². The molecule has 0 spiro atoms. The van der Waals surface area contributed by atoms with E-state index in [4.69, 9.17) is 28.2 Å². The Morgan fingerprint density at radius 1 is 0.962 bits per heavy atom. The molecule has 8 nitrogen and oxygen atoms in total. The normalized spacial score (nSPS) is 14.6. The molecular weight excluding hydrogens is 691 g/mol. The highest BCUT2D eigenvalue weighted by atomic mass is 35.5. The number of halogens is 2. The second-order valence-electron chi connectivity index (χ2n) is 13.5. The van der Waals surface area contributed by atoms with Crippen molar-refractivity contribution in [2.45, 2.75) is 52.6 Å². The van der Waals surface area contributed by atoms with Crippen molar-refractivity contribution in [3.05, 3.63) is 136 Å². The van der Waals surface area contributed by atoms with E-state index in [9.17, 15) is 9.59 Å². The molecule has 5 aromatic rings. The molecule has 0 bridgehead atoms. The SMILES string of the molecule is C=CN(/C(=C(\C)c1ccccc1)c1c(C(=O)Nc2cccnc2N2CCC(NC(=O)C(C)C)CC2)[nH]c2cc(Cl)ccc12)C(C)c1ccc(Cl)cc1. The number of carbonyl (C=O) groups excluding carboxylic acids is 2. The topological polar surface area (TPSA) is 93.4 Å². The number of benzene rings is 3. The van der Waals surface area contributed by atoms with Gasteiger partial charge in [-0.25, -0.2) is 4.98 Å². The van der Waals surface area contributed by atoms with E-state index in [2.05, 4.69) is 58.0 Å². The van der Waals surface area contributed by atoms with Gasteiger partial charge in [0.05, 0.1) is 17.4 Å². The van der Waals surface area contributed by atoms with Gasteiger partial charge in [-0.15, -0.1) is 0 Å². The Balaban J connectivity index is 1.42. The van der Waals surface area contributed by atoms with Crippen molar-refractivity contribution in [1.82, 2.24) is 20.2 Å². The van der Waals surface area contributed by atoms with Crippen molar-refractivity contribution in [1.29, 1.82) is 0 Å². The van der Waals surface area contributed by atoms with E-state index in [1.165, 1.54) is 0 Å². The van der Waals surface area contributed by atoms with E-state index in [0.29, 0.717) is 40.3 Å². The molecule has 0 aliphatic carbocycles. The van der Waals surface area contributed by atoms with Gasteiger partial charge >= 0.3 is 0 Å². The van der Waals surface area contributed by atoms with Crippen molar-refractivity contribution in [3.8, 4) is 0 Å². The van der Waals surface area contributed by atoms with Gasteiger partial charge < -0.3 is 25.4 Å². The Labute approximate surface area is 315 Å². The zero-order valence-corrected chi connectivity index (χ0v) is 31.4. The zero-order valence-electron chi connectivity index (χ0n) is 29.9. The molecule has 3 aromatic carbocycles. The van der Waals surface area contributed by atoms with Gasteiger partial charge in [0.1, 0.15) is 5.69 Å². The standard InChI is InChI=1S/C42H44Cl2N6O2/c1-6-50(28(5)30-14-16-31(43)17-15-30)39(27(4)29-11-8-7-9-12-29)37-34-19-18-32(44)25-36(34)47-38(37)42(52)48-35-13-10-22-45-40(35)49-23-20-33(21-24-49)46-41(51)26(2)3/h6-19,22,25-26,28,33,47H,1,20-21,23-24H2,2-5H3,(H,46,51)(H,48,52)/b39-27+. The first-order chi connectivity index (χ1) is 25.0. The summed E-state index contributed by atoms with van der Waals surface area (Å²) in [5.74, 6) is 0.364. The third-order valence-corrected chi connectivity index (χ3v) is 10.2. The van der Waals surface area contributed by atoms with Gasteiger partial charge in [0, 0.05) is 57.8 Å². The molecule has 1 unspecified atom stereocenters. The van der Waals surface area contributed by atoms with Gasteiger partial charge in [-0.05, 0) is 86.0 Å². The zero-order chi connectivity index (χ0) is 36.9. The summed E-state index contributed by atoms with van der Waals surface area (Å²) in [6, 6.07) is 27.1. The lowest BCUT2D eigenvalue weighted by Gasteiger charge is -2.34. The minimum absolute atomic E-state index is 0.0627. The fourth-order valence-corrected chi connectivity index (χ4v) is 7.10. The number of pyridine rings is 1. The lowest BCUT2D eigenvalue weighted by Crippen LogP contribution is -2.46. The maximum absolute atomic E-state index is 14.7. The highest BCUT2D eigenvalue weighted by molar-refractivity contribution is 6.31. The summed E-state index contributed by atoms with van der Waals surface area (Å²) >= 11 is 12.8. The van der Waals surface area contributed by atoms with Crippen LogP contribution >= 0.6 is 23.2 Å². The molecule has 1 aliphatic heterocycles. The number of hydrogen-bond donors (Lipinski definition) is 3. The lowest BCUT2D eigenvalue weighted by atomic mass is 9.95. The Morgan fingerprint density at radius 3 is 2.33 bits per heavy atom. The van der Waals surface area contributed by atoms with Gasteiger partial charge in [-0.1, -0.05) is 92.2 Å². The molecule has 3 heterocycles. The Hall–Kier alpha value is -5.05. The Morgan fingerprint density at radius 2 is 1.65 bits per heavy atom. The molecule has 0 saturated carbocycles. The number of anilines is 2. The van der Waals surface area contributed by atoms with Crippen molar-refractivity contribution in [3.63, 3.8) is 0 Å². The predicted molar refractivity (Wildman–Crippen MR) is 215 cm³/mol. The number of rotatable bonds is 11. The number of amides is 2. The van der Waals surface area contributed by atoms with Gasteiger partial charge in [0.15, 0.2) is 5.82 Å². The van der Waals surface area contributed by atoms with Crippen molar-refractivity contribution >= 4 is 68.7 Å². The van der Waals surface area contributed by atoms with Crippen LogP contribution in [0.15, 0.2) is 104 Å². The predicted octanol–water partition coefficient (Wildman–Crippen LogP) is 9.96. The average Bonchev–Trinajstić information content (AvgIpc) is 3.52. The molecule has 0 radical (unpaired) electrons. The molecule has 3 N–H and O–H groups in total. The molecule has 6 rings (SSSR count). The molecule has 268 valence electrons. The molecule has 1 fully saturated rings. The number of nitrogens with zero attached hydrogens (tertiary/aromatic N) is 3. The first kappa shape index (κ1) is 36.7. The smallest absolute Gasteiger partial charge is 0.272 e. The third-order valence-electron chi connectivity index (χ3n) is 9.71. The van der Waals surface area contributed by atoms with E-state index in [1.54, 1.807) is 6.20 Å². The third kappa shape index (κ3) is 7.88. The highest BCUT2D eigenvalue weighted by Crippen LogP contribution is 2.41. The first-order valence-corrected chi connectivity index (χ1v) is 18.4. The van der Waals surface area contributed by atoms with E-state index in [0.717, 1.165) is 51.7 Å². The maximum Gasteiger partial charge on any atom is 0.272 e. The molecule has 10 heteroatoms. The summed E-state index contributed by atoms with van der Waals surface area (Å²) in [6.45, 7) is 13.6. The van der Waals surface area contributed by atoms with E-state index < -0.39 is 0 Å². The van der Waals surface area contributed by atoms with Crippen LogP contribution in [-0.4, -0.2) is 45.8 Å². The molecule has 2 aromatic heterocycles. The number of H-pyrrole nitrogens is 1. The molecule has 1 saturated heterocycles. The maximum atomic E-state index is 14.7. The van der Waals surface area contributed by atoms with Crippen LogP contribution in [0.2, 0.25) is 10.0 Å². The van der Waals surface area contributed by atoms with Crippen LogP contribution in [0.3, 0.4) is 0 Å². The first-order valence-electron chi connectivity index (χ1n) is 17.6. The van der Waals surface area contributed by atoms with Gasteiger partial charge in [-0.2, -0.15) is 0 Å². The molecule has 1 atom stereocenters. The van der Waals surface area contributed by atoms with E-state index in [-0.39, 0.29) is 29.8 Å². The van der Waals surface area contributed by atoms with Crippen LogP contribution in [0, 0.1) is 5.92 Å². The van der Waals surface area contributed by atoms with Crippen molar-refractivity contribution in [2.24, 2.45) is 5.92 Å². The summed E-state index contributed by atoms with van der Waals surface area (Å²) in [4.78, 5) is 39.4. The summed E-state index contributed by atoms with van der Waals surface area (Å²) in [7, 11) is 0. The molecular formula is C42H44Cl2N6O2. The van der Waals surface area contributed by atoms with Gasteiger partial charge in [0.2, 0.25) is 5.91 Å². The number of aromatic amines is 1. The number of aromatic nitrogens is 2. The monoisotopic (exact) mass is 734 g/mol. The van der Waals surface area contributed by atoms with Crippen LogP contribution in [0.1, 0.15) is 73.8 Å². The van der Waals surface area contributed by atoms with Crippen LogP contribution in [-0.2, 0) is 4.79 Å². The average molecular weight is 736 g/mol. The molecule has 2 amide bonds.